The van der Waals surface area contributed by atoms with Gasteiger partial charge in [0.05, 0.1) is 0 Å². The molecule has 0 saturated carbocycles. The lowest BCUT2D eigenvalue weighted by molar-refractivity contribution is 0.0999. The van der Waals surface area contributed by atoms with Crippen molar-refractivity contribution in [2.75, 3.05) is 19.6 Å². The molecule has 0 amide bonds. The molecule has 0 aromatic heterocycles. The average molecular weight is 288 g/mol. The lowest BCUT2D eigenvalue weighted by Gasteiger charge is -2.42. The van der Waals surface area contributed by atoms with Gasteiger partial charge in [0.1, 0.15) is 0 Å². The zero-order valence-corrected chi connectivity index (χ0v) is 14.2. The Balaban J connectivity index is 1.94. The Morgan fingerprint density at radius 3 is 2.52 bits per heavy atom. The highest BCUT2D eigenvalue weighted by molar-refractivity contribution is 5.16. The third kappa shape index (κ3) is 4.82. The zero-order valence-electron chi connectivity index (χ0n) is 14.2. The van der Waals surface area contributed by atoms with E-state index in [2.05, 4.69) is 68.2 Å². The summed E-state index contributed by atoms with van der Waals surface area (Å²) in [5.41, 5.74) is 1.45. The normalized spacial score (nSPS) is 25.2. The first-order valence-electron chi connectivity index (χ1n) is 8.61. The van der Waals surface area contributed by atoms with Gasteiger partial charge in [-0.2, -0.15) is 0 Å². The van der Waals surface area contributed by atoms with Crippen LogP contribution in [-0.2, 0) is 6.42 Å². The van der Waals surface area contributed by atoms with E-state index < -0.39 is 0 Å². The Morgan fingerprint density at radius 2 is 1.90 bits per heavy atom. The summed E-state index contributed by atoms with van der Waals surface area (Å²) in [5, 5.41) is 3.76. The first-order valence-corrected chi connectivity index (χ1v) is 8.61. The fourth-order valence-electron chi connectivity index (χ4n) is 3.17. The van der Waals surface area contributed by atoms with Gasteiger partial charge in [0.25, 0.3) is 0 Å². The summed E-state index contributed by atoms with van der Waals surface area (Å²) in [4.78, 5) is 2.73. The highest BCUT2D eigenvalue weighted by atomic mass is 15.2. The molecule has 0 spiro atoms. The van der Waals surface area contributed by atoms with Crippen molar-refractivity contribution in [3.05, 3.63) is 35.9 Å². The van der Waals surface area contributed by atoms with Crippen LogP contribution in [0, 0.1) is 11.8 Å². The lowest BCUT2D eigenvalue weighted by atomic mass is 9.94. The van der Waals surface area contributed by atoms with Crippen molar-refractivity contribution in [3.63, 3.8) is 0 Å². The molecule has 3 atom stereocenters. The molecule has 1 aromatic rings. The topological polar surface area (TPSA) is 15.3 Å². The molecule has 2 heteroatoms. The molecule has 2 nitrogen and oxygen atoms in total. The summed E-state index contributed by atoms with van der Waals surface area (Å²) < 4.78 is 0. The second-order valence-corrected chi connectivity index (χ2v) is 7.03. The van der Waals surface area contributed by atoms with Gasteiger partial charge in [0.2, 0.25) is 0 Å². The highest BCUT2D eigenvalue weighted by Crippen LogP contribution is 2.18. The number of piperazine rings is 1. The Hall–Kier alpha value is -0.860. The number of nitrogens with one attached hydrogen (secondary N) is 1. The predicted molar refractivity (Wildman–Crippen MR) is 91.6 cm³/mol. The highest BCUT2D eigenvalue weighted by Gasteiger charge is 2.28. The van der Waals surface area contributed by atoms with E-state index in [-0.39, 0.29) is 0 Å². The van der Waals surface area contributed by atoms with Crippen molar-refractivity contribution < 1.29 is 0 Å². The molecule has 1 aliphatic heterocycles. The van der Waals surface area contributed by atoms with E-state index >= 15 is 0 Å². The van der Waals surface area contributed by atoms with Crippen LogP contribution in [0.25, 0.3) is 0 Å². The molecule has 1 aliphatic rings. The van der Waals surface area contributed by atoms with E-state index in [9.17, 15) is 0 Å². The lowest BCUT2D eigenvalue weighted by Crippen LogP contribution is -2.57. The standard InChI is InChI=1S/C19H32N2/c1-5-19-12-20-18(11-17-9-7-6-8-10-17)14-21(19)13-16(4)15(2)3/h6-10,15-16,18-20H,5,11-14H2,1-4H3. The summed E-state index contributed by atoms with van der Waals surface area (Å²) in [7, 11) is 0. The summed E-state index contributed by atoms with van der Waals surface area (Å²) >= 11 is 0. The first-order chi connectivity index (χ1) is 10.1. The van der Waals surface area contributed by atoms with Crippen LogP contribution >= 0.6 is 0 Å². The van der Waals surface area contributed by atoms with Gasteiger partial charge in [-0.15, -0.1) is 0 Å². The third-order valence-electron chi connectivity index (χ3n) is 5.07. The Labute approximate surface area is 130 Å². The molecule has 0 radical (unpaired) electrons. The molecule has 1 heterocycles. The monoisotopic (exact) mass is 288 g/mol. The van der Waals surface area contributed by atoms with Crippen LogP contribution in [0.2, 0.25) is 0 Å². The number of hydrogen-bond donors (Lipinski definition) is 1. The zero-order chi connectivity index (χ0) is 15.2. The largest absolute Gasteiger partial charge is 0.311 e. The molecule has 1 saturated heterocycles. The number of benzene rings is 1. The van der Waals surface area contributed by atoms with Gasteiger partial charge in [-0.05, 0) is 30.2 Å². The molecular weight excluding hydrogens is 256 g/mol. The van der Waals surface area contributed by atoms with Gasteiger partial charge < -0.3 is 5.32 Å². The van der Waals surface area contributed by atoms with Gasteiger partial charge in [-0.25, -0.2) is 0 Å². The van der Waals surface area contributed by atoms with E-state index in [1.54, 1.807) is 0 Å². The minimum absolute atomic E-state index is 0.592. The quantitative estimate of drug-likeness (QED) is 0.861. The van der Waals surface area contributed by atoms with Crippen molar-refractivity contribution in [2.24, 2.45) is 11.8 Å². The molecule has 2 rings (SSSR count). The van der Waals surface area contributed by atoms with Crippen LogP contribution < -0.4 is 5.32 Å². The van der Waals surface area contributed by atoms with Crippen LogP contribution in [0.3, 0.4) is 0 Å². The van der Waals surface area contributed by atoms with Crippen molar-refractivity contribution in [2.45, 2.75) is 52.6 Å². The van der Waals surface area contributed by atoms with E-state index in [0.29, 0.717) is 12.1 Å². The summed E-state index contributed by atoms with van der Waals surface area (Å²) in [6, 6.07) is 12.2. The van der Waals surface area contributed by atoms with Gasteiger partial charge in [-0.3, -0.25) is 4.90 Å². The smallest absolute Gasteiger partial charge is 0.0236 e. The Kier molecular flexibility index (Phi) is 6.25. The molecule has 0 bridgehead atoms. The third-order valence-corrected chi connectivity index (χ3v) is 5.07. The van der Waals surface area contributed by atoms with Crippen molar-refractivity contribution in [1.29, 1.82) is 0 Å². The van der Waals surface area contributed by atoms with Crippen molar-refractivity contribution >= 4 is 0 Å². The van der Waals surface area contributed by atoms with Gasteiger partial charge in [0.15, 0.2) is 0 Å². The predicted octanol–water partition coefficient (Wildman–Crippen LogP) is 3.57. The minimum Gasteiger partial charge on any atom is -0.311 e. The summed E-state index contributed by atoms with van der Waals surface area (Å²) in [5.74, 6) is 1.54. The number of nitrogens with zero attached hydrogens (tertiary/aromatic N) is 1. The second kappa shape index (κ2) is 7.95. The average Bonchev–Trinajstić information content (AvgIpc) is 2.48. The minimum atomic E-state index is 0.592. The molecule has 0 aliphatic carbocycles. The maximum Gasteiger partial charge on any atom is 0.0236 e. The van der Waals surface area contributed by atoms with Gasteiger partial charge in [-0.1, -0.05) is 58.0 Å². The first kappa shape index (κ1) is 16.5. The van der Waals surface area contributed by atoms with E-state index in [1.165, 1.54) is 25.1 Å². The Morgan fingerprint density at radius 1 is 1.19 bits per heavy atom. The molecule has 1 N–H and O–H groups in total. The van der Waals surface area contributed by atoms with Crippen LogP contribution in [-0.4, -0.2) is 36.6 Å². The SMILES string of the molecule is CCC1CNC(Cc2ccccc2)CN1CC(C)C(C)C. The maximum atomic E-state index is 3.76. The molecule has 1 aromatic carbocycles. The van der Waals surface area contributed by atoms with Crippen LogP contribution in [0.4, 0.5) is 0 Å². The van der Waals surface area contributed by atoms with Crippen molar-refractivity contribution in [3.8, 4) is 0 Å². The fraction of sp³-hybridized carbons (Fsp3) is 0.684. The van der Waals surface area contributed by atoms with Crippen LogP contribution in [0.15, 0.2) is 30.3 Å². The van der Waals surface area contributed by atoms with Gasteiger partial charge >= 0.3 is 0 Å². The number of hydrogen-bond acceptors (Lipinski definition) is 2. The maximum absolute atomic E-state index is 3.76. The summed E-state index contributed by atoms with van der Waals surface area (Å²) in [6.45, 7) is 13.0. The van der Waals surface area contributed by atoms with E-state index in [4.69, 9.17) is 0 Å². The van der Waals surface area contributed by atoms with Crippen LogP contribution in [0.5, 0.6) is 0 Å². The van der Waals surface area contributed by atoms with E-state index in [0.717, 1.165) is 24.8 Å². The molecule has 3 unspecified atom stereocenters. The molecule has 1 fully saturated rings. The molecule has 21 heavy (non-hydrogen) atoms. The number of rotatable bonds is 6. The summed E-state index contributed by atoms with van der Waals surface area (Å²) in [6.07, 6.45) is 2.39. The van der Waals surface area contributed by atoms with Gasteiger partial charge in [0, 0.05) is 31.7 Å². The second-order valence-electron chi connectivity index (χ2n) is 7.03. The van der Waals surface area contributed by atoms with E-state index in [1.807, 2.05) is 0 Å². The fourth-order valence-corrected chi connectivity index (χ4v) is 3.17. The molecular formula is C19H32N2. The van der Waals surface area contributed by atoms with Crippen LogP contribution in [0.1, 0.15) is 39.7 Å². The Bertz CT molecular complexity index is 401. The van der Waals surface area contributed by atoms with Crippen molar-refractivity contribution in [1.82, 2.24) is 10.2 Å². The molecule has 118 valence electrons.